The van der Waals surface area contributed by atoms with E-state index in [1.165, 1.54) is 0 Å². The normalized spacial score (nSPS) is 41.6. The van der Waals surface area contributed by atoms with Crippen LogP contribution in [-0.4, -0.2) is 65.9 Å². The van der Waals surface area contributed by atoms with E-state index in [0.29, 0.717) is 25.7 Å². The fraction of sp³-hybridized carbons (Fsp3) is 0.588. The number of ether oxygens (including phenoxy) is 5. The Kier molecular flexibility index (Phi) is 5.31. The highest BCUT2D eigenvalue weighted by molar-refractivity contribution is 5.92. The highest BCUT2D eigenvalue weighted by Crippen LogP contribution is 2.76. The number of hydrogen-bond donors (Lipinski definition) is 1. The van der Waals surface area contributed by atoms with Crippen molar-refractivity contribution in [3.63, 3.8) is 0 Å². The van der Waals surface area contributed by atoms with Gasteiger partial charge in [-0.2, -0.15) is 0 Å². The first kappa shape index (κ1) is 26.7. The van der Waals surface area contributed by atoms with Crippen molar-refractivity contribution >= 4 is 22.7 Å². The first-order chi connectivity index (χ1) is 20.0. The van der Waals surface area contributed by atoms with Crippen molar-refractivity contribution in [3.8, 4) is 5.75 Å². The fourth-order valence-corrected chi connectivity index (χ4v) is 9.38. The summed E-state index contributed by atoms with van der Waals surface area (Å²) in [5.41, 5.74) is -0.966. The average Bonchev–Trinajstić information content (AvgIpc) is 3.86. The number of hydrogen-bond acceptors (Lipinski definition) is 8. The second-order valence-corrected chi connectivity index (χ2v) is 13.9. The number of methoxy groups -OCH3 is 1. The van der Waals surface area contributed by atoms with Gasteiger partial charge in [-0.25, -0.2) is 4.79 Å². The molecule has 4 fully saturated rings. The third-order valence-corrected chi connectivity index (χ3v) is 12.0. The summed E-state index contributed by atoms with van der Waals surface area (Å²) in [6.07, 6.45) is 1.00. The highest BCUT2D eigenvalue weighted by Gasteiger charge is 2.91. The fourth-order valence-electron chi connectivity index (χ4n) is 9.38. The van der Waals surface area contributed by atoms with E-state index < -0.39 is 34.2 Å². The van der Waals surface area contributed by atoms with Gasteiger partial charge in [0.25, 0.3) is 0 Å². The lowest BCUT2D eigenvalue weighted by atomic mass is 9.44. The maximum atomic E-state index is 14.0. The molecule has 3 aliphatic heterocycles. The molecule has 222 valence electrons. The first-order valence-corrected chi connectivity index (χ1v) is 15.3. The van der Waals surface area contributed by atoms with Crippen LogP contribution in [0.15, 0.2) is 47.5 Å². The van der Waals surface area contributed by atoms with Crippen LogP contribution in [0.1, 0.15) is 64.9 Å². The molecule has 2 saturated carbocycles. The predicted octanol–water partition coefficient (Wildman–Crippen LogP) is 4.60. The number of carbonyl (C=O) groups is 2. The maximum Gasteiger partial charge on any atom is 0.334 e. The molecule has 0 amide bonds. The maximum absolute atomic E-state index is 14.0. The van der Waals surface area contributed by atoms with Gasteiger partial charge in [0.2, 0.25) is 0 Å². The summed E-state index contributed by atoms with van der Waals surface area (Å²) in [6.45, 7) is 8.46. The molecule has 9 atom stereocenters. The molecule has 3 heterocycles. The smallest absolute Gasteiger partial charge is 0.334 e. The zero-order valence-electron chi connectivity index (χ0n) is 24.8. The van der Waals surface area contributed by atoms with Crippen molar-refractivity contribution in [2.75, 3.05) is 13.7 Å². The zero-order chi connectivity index (χ0) is 29.4. The van der Waals surface area contributed by atoms with Crippen molar-refractivity contribution < 1.29 is 38.4 Å². The van der Waals surface area contributed by atoms with Gasteiger partial charge in [0.1, 0.15) is 23.6 Å². The van der Waals surface area contributed by atoms with Gasteiger partial charge in [-0.15, -0.1) is 0 Å². The molecule has 0 aromatic heterocycles. The van der Waals surface area contributed by atoms with E-state index in [-0.39, 0.29) is 42.6 Å². The Morgan fingerprint density at radius 1 is 1.07 bits per heavy atom. The van der Waals surface area contributed by atoms with Crippen LogP contribution in [0.3, 0.4) is 0 Å². The van der Waals surface area contributed by atoms with Crippen molar-refractivity contribution in [2.45, 2.75) is 94.4 Å². The van der Waals surface area contributed by atoms with Crippen LogP contribution in [0.5, 0.6) is 5.75 Å². The molecule has 8 nitrogen and oxygen atoms in total. The van der Waals surface area contributed by atoms with Gasteiger partial charge in [0, 0.05) is 17.4 Å². The van der Waals surface area contributed by atoms with Crippen molar-refractivity contribution in [1.82, 2.24) is 0 Å². The molecule has 3 aliphatic carbocycles. The SMILES string of the molecule is COc1ccc2cc(C(C)C(=O)OC3C4(C(C)C)OC4CC4(O)C5(C)CCC6=C(COC6=O)C5CC5OC534)ccc2c1. The van der Waals surface area contributed by atoms with Crippen molar-refractivity contribution in [1.29, 1.82) is 0 Å². The lowest BCUT2D eigenvalue weighted by Gasteiger charge is -2.60. The Morgan fingerprint density at radius 2 is 1.83 bits per heavy atom. The summed E-state index contributed by atoms with van der Waals surface area (Å²) in [5, 5.41) is 14.9. The summed E-state index contributed by atoms with van der Waals surface area (Å²) in [5.74, 6) is -0.306. The standard InChI is InChI=1S/C34H38O8/c1-17(2)33-27(41-33)15-32(37)31(4)11-10-23-24(16-39-29(23)36)25(31)14-26-34(32,42-26)30(33)40-28(35)18(3)19-6-7-21-13-22(38-5)9-8-20(21)12-19/h6-9,12-13,17-18,25-27,30,37H,10-11,14-16H2,1-5H3. The van der Waals surface area contributed by atoms with Crippen molar-refractivity contribution in [3.05, 3.63) is 53.1 Å². The van der Waals surface area contributed by atoms with Crippen molar-refractivity contribution in [2.24, 2.45) is 17.3 Å². The molecule has 9 unspecified atom stereocenters. The van der Waals surface area contributed by atoms with Crippen LogP contribution in [0, 0.1) is 17.3 Å². The number of esters is 2. The van der Waals surface area contributed by atoms with E-state index in [1.807, 2.05) is 43.3 Å². The molecule has 2 aromatic rings. The molecule has 0 bridgehead atoms. The van der Waals surface area contributed by atoms with E-state index in [4.69, 9.17) is 23.7 Å². The van der Waals surface area contributed by atoms with Crippen LogP contribution in [0.2, 0.25) is 0 Å². The number of carbonyl (C=O) groups excluding carboxylic acids is 2. The Morgan fingerprint density at radius 3 is 2.60 bits per heavy atom. The van der Waals surface area contributed by atoms with Crippen LogP contribution < -0.4 is 4.74 Å². The topological polar surface area (TPSA) is 107 Å². The first-order valence-electron chi connectivity index (χ1n) is 15.3. The highest BCUT2D eigenvalue weighted by atomic mass is 16.7. The molecule has 2 aromatic carbocycles. The van der Waals surface area contributed by atoms with E-state index in [9.17, 15) is 14.7 Å². The lowest BCUT2D eigenvalue weighted by Crippen LogP contribution is -2.74. The minimum absolute atomic E-state index is 0.0323. The summed E-state index contributed by atoms with van der Waals surface area (Å²) < 4.78 is 30.4. The monoisotopic (exact) mass is 574 g/mol. The van der Waals surface area contributed by atoms with Crippen LogP contribution in [-0.2, 0) is 28.5 Å². The Labute approximate surface area is 245 Å². The second kappa shape index (κ2) is 8.36. The van der Waals surface area contributed by atoms with Gasteiger partial charge in [-0.1, -0.05) is 45.0 Å². The zero-order valence-corrected chi connectivity index (χ0v) is 24.8. The third kappa shape index (κ3) is 3.08. The van der Waals surface area contributed by atoms with Crippen LogP contribution >= 0.6 is 0 Å². The van der Waals surface area contributed by atoms with Crippen LogP contribution in [0.4, 0.5) is 0 Å². The average molecular weight is 575 g/mol. The summed E-state index contributed by atoms with van der Waals surface area (Å²) >= 11 is 0. The summed E-state index contributed by atoms with van der Waals surface area (Å²) in [6, 6.07) is 11.8. The second-order valence-electron chi connectivity index (χ2n) is 13.9. The summed E-state index contributed by atoms with van der Waals surface area (Å²) in [4.78, 5) is 26.4. The molecule has 6 aliphatic rings. The third-order valence-electron chi connectivity index (χ3n) is 12.0. The molecule has 2 saturated heterocycles. The number of epoxide rings is 2. The quantitative estimate of drug-likeness (QED) is 0.408. The van der Waals surface area contributed by atoms with Crippen LogP contribution in [0.25, 0.3) is 10.8 Å². The van der Waals surface area contributed by atoms with E-state index in [2.05, 4.69) is 20.8 Å². The molecule has 0 radical (unpaired) electrons. The van der Waals surface area contributed by atoms with Gasteiger partial charge < -0.3 is 28.8 Å². The Balaban J connectivity index is 1.14. The minimum atomic E-state index is -1.28. The Bertz CT molecular complexity index is 1580. The van der Waals surface area contributed by atoms with Gasteiger partial charge in [0.05, 0.1) is 25.2 Å². The molecule has 8 heteroatoms. The molecule has 42 heavy (non-hydrogen) atoms. The Hall–Kier alpha value is -2.94. The number of fused-ring (bicyclic) bond motifs is 5. The lowest BCUT2D eigenvalue weighted by molar-refractivity contribution is -0.222. The van der Waals surface area contributed by atoms with Gasteiger partial charge >= 0.3 is 11.9 Å². The largest absolute Gasteiger partial charge is 0.497 e. The van der Waals surface area contributed by atoms with Gasteiger partial charge in [-0.3, -0.25) is 4.79 Å². The van der Waals surface area contributed by atoms with E-state index in [1.54, 1.807) is 7.11 Å². The molecule has 8 rings (SSSR count). The molecule has 1 spiro atoms. The number of cyclic esters (lactones) is 1. The van der Waals surface area contributed by atoms with Gasteiger partial charge in [0.15, 0.2) is 11.7 Å². The molecule has 1 N–H and O–H groups in total. The number of benzene rings is 2. The number of rotatable bonds is 5. The molecular formula is C34H38O8. The molecular weight excluding hydrogens is 536 g/mol. The van der Waals surface area contributed by atoms with E-state index >= 15 is 0 Å². The van der Waals surface area contributed by atoms with E-state index in [0.717, 1.165) is 33.2 Å². The number of aliphatic hydroxyl groups is 1. The predicted molar refractivity (Wildman–Crippen MR) is 152 cm³/mol. The minimum Gasteiger partial charge on any atom is -0.497 e. The van der Waals surface area contributed by atoms with Gasteiger partial charge in [-0.05, 0) is 72.1 Å². The summed E-state index contributed by atoms with van der Waals surface area (Å²) in [7, 11) is 1.64.